The zero-order valence-electron chi connectivity index (χ0n) is 9.40. The summed E-state index contributed by atoms with van der Waals surface area (Å²) in [4.78, 5) is 5.13. The van der Waals surface area contributed by atoms with E-state index in [1.54, 1.807) is 6.20 Å². The van der Waals surface area contributed by atoms with E-state index in [1.165, 1.54) is 11.3 Å². The fourth-order valence-electron chi connectivity index (χ4n) is 1.49. The number of nitrogens with zero attached hydrogens (tertiary/aromatic N) is 1. The number of fused-ring (bicyclic) bond motifs is 1. The number of pyridine rings is 1. The highest BCUT2D eigenvalue weighted by molar-refractivity contribution is 9.10. The Labute approximate surface area is 115 Å². The van der Waals surface area contributed by atoms with Crippen molar-refractivity contribution in [2.75, 3.05) is 11.5 Å². The minimum atomic E-state index is -0.996. The quantitative estimate of drug-likeness (QED) is 0.931. The van der Waals surface area contributed by atoms with Gasteiger partial charge in [-0.05, 0) is 28.4 Å². The van der Waals surface area contributed by atoms with E-state index in [0.29, 0.717) is 11.4 Å². The number of anilines is 1. The third kappa shape index (κ3) is 2.69. The Bertz CT molecular complexity index is 568. The summed E-state index contributed by atoms with van der Waals surface area (Å²) < 4.78 is 13.7. The van der Waals surface area contributed by atoms with E-state index in [4.69, 9.17) is 5.73 Å². The van der Waals surface area contributed by atoms with Gasteiger partial charge in [-0.25, -0.2) is 4.98 Å². The van der Waals surface area contributed by atoms with Gasteiger partial charge in [0, 0.05) is 21.8 Å². The van der Waals surface area contributed by atoms with E-state index >= 15 is 0 Å². The number of thiophene rings is 1. The van der Waals surface area contributed by atoms with Crippen LogP contribution in [0.5, 0.6) is 0 Å². The molecule has 0 aliphatic rings. The zero-order chi connectivity index (χ0) is 12.4. The van der Waals surface area contributed by atoms with Gasteiger partial charge in [-0.1, -0.05) is 13.3 Å². The Morgan fingerprint density at radius 1 is 1.59 bits per heavy atom. The lowest BCUT2D eigenvalue weighted by molar-refractivity contribution is 0.681. The lowest BCUT2D eigenvalue weighted by Crippen LogP contribution is -1.98. The molecular formula is C11H13BrN2OS2. The molecular weight excluding hydrogens is 320 g/mol. The first kappa shape index (κ1) is 13.0. The topological polar surface area (TPSA) is 56.0 Å². The van der Waals surface area contributed by atoms with Crippen molar-refractivity contribution in [3.63, 3.8) is 0 Å². The summed E-state index contributed by atoms with van der Waals surface area (Å²) in [6.45, 7) is 2.09. The fraction of sp³-hybridized carbons (Fsp3) is 0.364. The van der Waals surface area contributed by atoms with Crippen molar-refractivity contribution >= 4 is 54.0 Å². The molecule has 0 radical (unpaired) electrons. The normalized spacial score (nSPS) is 13.1. The summed E-state index contributed by atoms with van der Waals surface area (Å²) in [7, 11) is -0.996. The van der Waals surface area contributed by atoms with Gasteiger partial charge in [0.05, 0.1) is 16.5 Å². The number of nitrogen functional groups attached to an aromatic ring is 1. The molecule has 17 heavy (non-hydrogen) atoms. The highest BCUT2D eigenvalue weighted by Gasteiger charge is 2.15. The van der Waals surface area contributed by atoms with Crippen LogP contribution in [0.4, 0.5) is 5.69 Å². The number of hydrogen-bond donors (Lipinski definition) is 1. The molecule has 0 amide bonds. The summed E-state index contributed by atoms with van der Waals surface area (Å²) in [5.41, 5.74) is 6.66. The Hall–Kier alpha value is -0.460. The number of halogens is 1. The first-order chi connectivity index (χ1) is 8.13. The lowest BCUT2D eigenvalue weighted by Gasteiger charge is -1.99. The molecule has 0 aliphatic heterocycles. The molecule has 2 heterocycles. The van der Waals surface area contributed by atoms with Crippen LogP contribution in [0.1, 0.15) is 19.8 Å². The van der Waals surface area contributed by atoms with Crippen molar-refractivity contribution in [3.05, 3.63) is 16.7 Å². The largest absolute Gasteiger partial charge is 0.397 e. The van der Waals surface area contributed by atoms with Gasteiger partial charge in [0.15, 0.2) is 0 Å². The molecule has 2 aromatic heterocycles. The molecule has 0 aliphatic carbocycles. The highest BCUT2D eigenvalue weighted by atomic mass is 79.9. The van der Waals surface area contributed by atoms with Crippen molar-refractivity contribution in [1.29, 1.82) is 0 Å². The molecule has 1 unspecified atom stereocenters. The fourth-order valence-corrected chi connectivity index (χ4v) is 4.55. The number of aromatic nitrogens is 1. The monoisotopic (exact) mass is 332 g/mol. The maximum Gasteiger partial charge on any atom is 0.126 e. The average molecular weight is 333 g/mol. The van der Waals surface area contributed by atoms with Crippen LogP contribution in [0.2, 0.25) is 0 Å². The SMILES string of the molecule is CCCCS(=O)c1sc2ncc(Br)cc2c1N. The van der Waals surface area contributed by atoms with Gasteiger partial charge in [0.1, 0.15) is 9.04 Å². The van der Waals surface area contributed by atoms with E-state index in [-0.39, 0.29) is 0 Å². The molecule has 2 rings (SSSR count). The first-order valence-corrected chi connectivity index (χ1v) is 8.28. The third-order valence-corrected chi connectivity index (χ3v) is 5.87. The number of hydrogen-bond acceptors (Lipinski definition) is 4. The van der Waals surface area contributed by atoms with Crippen LogP contribution in [0.15, 0.2) is 20.9 Å². The molecule has 0 spiro atoms. The van der Waals surface area contributed by atoms with Crippen LogP contribution in [-0.2, 0) is 10.8 Å². The minimum Gasteiger partial charge on any atom is -0.397 e. The van der Waals surface area contributed by atoms with E-state index in [1.807, 2.05) is 6.07 Å². The Balaban J connectivity index is 2.42. The summed E-state index contributed by atoms with van der Waals surface area (Å²) in [5, 5.41) is 0.893. The smallest absolute Gasteiger partial charge is 0.126 e. The van der Waals surface area contributed by atoms with Gasteiger partial charge >= 0.3 is 0 Å². The lowest BCUT2D eigenvalue weighted by atomic mass is 10.3. The predicted molar refractivity (Wildman–Crippen MR) is 77.9 cm³/mol. The Morgan fingerprint density at radius 3 is 3.06 bits per heavy atom. The Kier molecular flexibility index (Phi) is 4.17. The number of nitrogens with two attached hydrogens (primary N) is 1. The second-order valence-electron chi connectivity index (χ2n) is 3.71. The maximum absolute atomic E-state index is 12.1. The summed E-state index contributed by atoms with van der Waals surface area (Å²) >= 11 is 4.80. The summed E-state index contributed by atoms with van der Waals surface area (Å²) in [6.07, 6.45) is 3.73. The van der Waals surface area contributed by atoms with Crippen molar-refractivity contribution in [3.8, 4) is 0 Å². The van der Waals surface area contributed by atoms with Gasteiger partial charge < -0.3 is 5.73 Å². The number of unbranched alkanes of at least 4 members (excludes halogenated alkanes) is 1. The van der Waals surface area contributed by atoms with Crippen molar-refractivity contribution < 1.29 is 4.21 Å². The van der Waals surface area contributed by atoms with Crippen molar-refractivity contribution in [1.82, 2.24) is 4.98 Å². The molecule has 0 fully saturated rings. The molecule has 6 heteroatoms. The van der Waals surface area contributed by atoms with Gasteiger partial charge in [-0.15, -0.1) is 11.3 Å². The standard InChI is InChI=1S/C11H13BrN2OS2/c1-2-3-4-17(15)11-9(13)8-5-7(12)6-14-10(8)16-11/h5-6H,2-4,13H2,1H3. The second kappa shape index (κ2) is 5.46. The van der Waals surface area contributed by atoms with Gasteiger partial charge in [-0.3, -0.25) is 4.21 Å². The van der Waals surface area contributed by atoms with Gasteiger partial charge in [0.25, 0.3) is 0 Å². The Morgan fingerprint density at radius 2 is 2.35 bits per heavy atom. The summed E-state index contributed by atoms with van der Waals surface area (Å²) in [5.74, 6) is 0.675. The van der Waals surface area contributed by atoms with E-state index in [2.05, 4.69) is 27.8 Å². The highest BCUT2D eigenvalue weighted by Crippen LogP contribution is 2.36. The molecule has 0 saturated heterocycles. The molecule has 1 atom stereocenters. The predicted octanol–water partition coefficient (Wildman–Crippen LogP) is 3.55. The van der Waals surface area contributed by atoms with E-state index < -0.39 is 10.8 Å². The summed E-state index contributed by atoms with van der Waals surface area (Å²) in [6, 6.07) is 1.93. The number of rotatable bonds is 4. The molecule has 2 N–H and O–H groups in total. The van der Waals surface area contributed by atoms with Crippen molar-refractivity contribution in [2.45, 2.75) is 24.0 Å². The molecule has 3 nitrogen and oxygen atoms in total. The van der Waals surface area contributed by atoms with Crippen molar-refractivity contribution in [2.24, 2.45) is 0 Å². The zero-order valence-corrected chi connectivity index (χ0v) is 12.6. The van der Waals surface area contributed by atoms with Crippen LogP contribution in [-0.4, -0.2) is 14.9 Å². The van der Waals surface area contributed by atoms with Crippen LogP contribution >= 0.6 is 27.3 Å². The molecule has 0 bridgehead atoms. The first-order valence-electron chi connectivity index (χ1n) is 5.35. The molecule has 2 aromatic rings. The minimum absolute atomic E-state index is 0.619. The van der Waals surface area contributed by atoms with Gasteiger partial charge in [-0.2, -0.15) is 0 Å². The van der Waals surface area contributed by atoms with Crippen LogP contribution in [0, 0.1) is 0 Å². The third-order valence-electron chi connectivity index (χ3n) is 2.41. The van der Waals surface area contributed by atoms with E-state index in [0.717, 1.165) is 31.7 Å². The average Bonchev–Trinajstić information content (AvgIpc) is 2.64. The van der Waals surface area contributed by atoms with E-state index in [9.17, 15) is 4.21 Å². The van der Waals surface area contributed by atoms with Gasteiger partial charge in [0.2, 0.25) is 0 Å². The molecule has 92 valence electrons. The maximum atomic E-state index is 12.1. The van der Waals surface area contributed by atoms with Crippen LogP contribution in [0.3, 0.4) is 0 Å². The molecule has 0 saturated carbocycles. The van der Waals surface area contributed by atoms with Crippen LogP contribution in [0.25, 0.3) is 10.2 Å². The molecule has 0 aromatic carbocycles. The second-order valence-corrected chi connectivity index (χ2v) is 7.39. The van der Waals surface area contributed by atoms with Crippen LogP contribution < -0.4 is 5.73 Å².